The van der Waals surface area contributed by atoms with Gasteiger partial charge in [-0.25, -0.2) is 4.98 Å². The molecule has 1 heterocycles. The fourth-order valence-corrected chi connectivity index (χ4v) is 3.50. The Bertz CT molecular complexity index is 1370. The summed E-state index contributed by atoms with van der Waals surface area (Å²) in [4.78, 5) is 17.3. The van der Waals surface area contributed by atoms with Gasteiger partial charge in [0.15, 0.2) is 11.4 Å². The van der Waals surface area contributed by atoms with Crippen LogP contribution in [0.2, 0.25) is 0 Å². The fraction of sp³-hybridized carbons (Fsp3) is 0.0370. The van der Waals surface area contributed by atoms with Crippen LogP contribution in [0.15, 0.2) is 101 Å². The molecule has 32 heavy (non-hydrogen) atoms. The highest BCUT2D eigenvalue weighted by molar-refractivity contribution is 6.10. The number of phenols is 1. The number of nitrogens with zero attached hydrogens (tertiary/aromatic N) is 1. The number of carbonyl (C=O) groups is 1. The zero-order chi connectivity index (χ0) is 21.9. The third-order valence-electron chi connectivity index (χ3n) is 5.18. The van der Waals surface area contributed by atoms with Crippen LogP contribution in [0.1, 0.15) is 21.5 Å². The zero-order valence-electron chi connectivity index (χ0n) is 17.1. The Labute approximate surface area is 184 Å². The first-order valence-corrected chi connectivity index (χ1v) is 10.2. The number of ether oxygens (including phenoxy) is 1. The van der Waals surface area contributed by atoms with Gasteiger partial charge in [-0.2, -0.15) is 0 Å². The number of para-hydroxylation sites is 3. The molecule has 0 atom stereocenters. The Morgan fingerprint density at radius 1 is 0.875 bits per heavy atom. The second-order valence-electron chi connectivity index (χ2n) is 7.31. The van der Waals surface area contributed by atoms with Crippen LogP contribution in [-0.2, 0) is 6.61 Å². The summed E-state index contributed by atoms with van der Waals surface area (Å²) in [6, 6.07) is 28.9. The van der Waals surface area contributed by atoms with E-state index >= 15 is 0 Å². The van der Waals surface area contributed by atoms with Gasteiger partial charge in [-0.1, -0.05) is 60.7 Å². The summed E-state index contributed by atoms with van der Waals surface area (Å²) in [5.74, 6) is 0.852. The van der Waals surface area contributed by atoms with Crippen molar-refractivity contribution in [2.45, 2.75) is 6.61 Å². The van der Waals surface area contributed by atoms with Crippen LogP contribution in [0.4, 0.5) is 0 Å². The van der Waals surface area contributed by atoms with E-state index in [0.29, 0.717) is 39.5 Å². The normalized spacial score (nSPS) is 10.9. The van der Waals surface area contributed by atoms with Gasteiger partial charge in [-0.05, 0) is 36.4 Å². The maximum absolute atomic E-state index is 12.9. The van der Waals surface area contributed by atoms with Crippen molar-refractivity contribution in [2.75, 3.05) is 0 Å². The number of hydrogen-bond donors (Lipinski definition) is 1. The molecule has 5 nitrogen and oxygen atoms in total. The molecular weight excluding hydrogens is 402 g/mol. The van der Waals surface area contributed by atoms with E-state index in [9.17, 15) is 9.90 Å². The van der Waals surface area contributed by atoms with E-state index in [1.807, 2.05) is 54.6 Å². The van der Waals surface area contributed by atoms with Gasteiger partial charge >= 0.3 is 0 Å². The van der Waals surface area contributed by atoms with Crippen molar-refractivity contribution in [1.29, 1.82) is 0 Å². The third-order valence-corrected chi connectivity index (χ3v) is 5.18. The minimum absolute atomic E-state index is 0.0663. The first kappa shape index (κ1) is 19.6. The van der Waals surface area contributed by atoms with Crippen molar-refractivity contribution >= 4 is 16.9 Å². The Morgan fingerprint density at radius 3 is 2.44 bits per heavy atom. The number of phenolic OH excluding ortho intramolecular Hbond substituents is 1. The number of fused-ring (bicyclic) bond motifs is 1. The summed E-state index contributed by atoms with van der Waals surface area (Å²) in [5.41, 5.74) is 3.77. The van der Waals surface area contributed by atoms with Crippen LogP contribution in [-0.4, -0.2) is 15.9 Å². The highest BCUT2D eigenvalue weighted by atomic mass is 16.5. The molecular formula is C27H19NO4. The molecule has 0 saturated carbocycles. The fourth-order valence-electron chi connectivity index (χ4n) is 3.50. The van der Waals surface area contributed by atoms with Crippen LogP contribution < -0.4 is 4.74 Å². The van der Waals surface area contributed by atoms with Crippen molar-refractivity contribution in [3.05, 3.63) is 114 Å². The zero-order valence-corrected chi connectivity index (χ0v) is 17.1. The lowest BCUT2D eigenvalue weighted by molar-refractivity contribution is 0.103. The summed E-state index contributed by atoms with van der Waals surface area (Å²) in [6.07, 6.45) is 0. The average Bonchev–Trinajstić information content (AvgIpc) is 3.28. The summed E-state index contributed by atoms with van der Waals surface area (Å²) in [6.45, 7) is 0.110. The van der Waals surface area contributed by atoms with Gasteiger partial charge in [0.2, 0.25) is 5.89 Å². The van der Waals surface area contributed by atoms with Crippen LogP contribution >= 0.6 is 0 Å². The Morgan fingerprint density at radius 2 is 1.62 bits per heavy atom. The number of aromatic nitrogens is 1. The highest BCUT2D eigenvalue weighted by Crippen LogP contribution is 2.30. The minimum atomic E-state index is -0.114. The molecule has 5 rings (SSSR count). The molecule has 1 N–H and O–H groups in total. The Balaban J connectivity index is 1.36. The second kappa shape index (κ2) is 8.40. The molecule has 4 aromatic carbocycles. The number of hydrogen-bond acceptors (Lipinski definition) is 5. The van der Waals surface area contributed by atoms with Crippen molar-refractivity contribution in [2.24, 2.45) is 0 Å². The molecule has 5 aromatic rings. The number of aromatic hydroxyl groups is 1. The Kier molecular flexibility index (Phi) is 5.14. The molecule has 0 amide bonds. The van der Waals surface area contributed by atoms with Crippen LogP contribution in [0, 0.1) is 0 Å². The standard InChI is InChI=1S/C27H19NO4/c29-23-16-19(27-28-22-11-5-7-13-25(22)32-27)14-15-20(23)17-31-24-12-6-4-10-21(24)26(30)18-8-2-1-3-9-18/h1-16,29H,17H2. The van der Waals surface area contributed by atoms with E-state index < -0.39 is 0 Å². The molecule has 0 spiro atoms. The third kappa shape index (κ3) is 3.84. The molecule has 1 aromatic heterocycles. The van der Waals surface area contributed by atoms with Gasteiger partial charge in [0.05, 0.1) is 5.56 Å². The predicted molar refractivity (Wildman–Crippen MR) is 122 cm³/mol. The first-order chi connectivity index (χ1) is 15.7. The van der Waals surface area contributed by atoms with Gasteiger partial charge in [0.25, 0.3) is 0 Å². The van der Waals surface area contributed by atoms with Gasteiger partial charge < -0.3 is 14.3 Å². The van der Waals surface area contributed by atoms with Crippen molar-refractivity contribution in [3.63, 3.8) is 0 Å². The highest BCUT2D eigenvalue weighted by Gasteiger charge is 2.15. The van der Waals surface area contributed by atoms with Crippen LogP contribution in [0.5, 0.6) is 11.5 Å². The number of oxazole rings is 1. The van der Waals surface area contributed by atoms with Crippen molar-refractivity contribution in [3.8, 4) is 23.0 Å². The molecule has 156 valence electrons. The molecule has 0 aliphatic carbocycles. The minimum Gasteiger partial charge on any atom is -0.508 e. The lowest BCUT2D eigenvalue weighted by Gasteiger charge is -2.12. The topological polar surface area (TPSA) is 72.6 Å². The van der Waals surface area contributed by atoms with E-state index in [2.05, 4.69) is 4.98 Å². The molecule has 0 saturated heterocycles. The summed E-state index contributed by atoms with van der Waals surface area (Å²) in [5, 5.41) is 10.5. The molecule has 0 bridgehead atoms. The average molecular weight is 421 g/mol. The molecule has 5 heteroatoms. The number of carbonyl (C=O) groups excluding carboxylic acids is 1. The van der Waals surface area contributed by atoms with Crippen molar-refractivity contribution in [1.82, 2.24) is 4.98 Å². The monoisotopic (exact) mass is 421 g/mol. The van der Waals surface area contributed by atoms with Crippen molar-refractivity contribution < 1.29 is 19.1 Å². The maximum Gasteiger partial charge on any atom is 0.227 e. The molecule has 0 fully saturated rings. The largest absolute Gasteiger partial charge is 0.508 e. The summed E-state index contributed by atoms with van der Waals surface area (Å²) < 4.78 is 11.7. The van der Waals surface area contributed by atoms with E-state index in [0.717, 1.165) is 5.52 Å². The van der Waals surface area contributed by atoms with Gasteiger partial charge in [-0.15, -0.1) is 0 Å². The van der Waals surface area contributed by atoms with Crippen LogP contribution in [0.3, 0.4) is 0 Å². The quantitative estimate of drug-likeness (QED) is 0.340. The van der Waals surface area contributed by atoms with Gasteiger partial charge in [0.1, 0.15) is 23.6 Å². The lowest BCUT2D eigenvalue weighted by atomic mass is 10.0. The first-order valence-electron chi connectivity index (χ1n) is 10.2. The summed E-state index contributed by atoms with van der Waals surface area (Å²) in [7, 11) is 0. The second-order valence-corrected chi connectivity index (χ2v) is 7.31. The number of benzene rings is 4. The predicted octanol–water partition coefficient (Wildman–Crippen LogP) is 6.01. The Hall–Kier alpha value is -4.38. The SMILES string of the molecule is O=C(c1ccccc1)c1ccccc1OCc1ccc(-c2nc3ccccc3o2)cc1O. The van der Waals surface area contributed by atoms with Crippen LogP contribution in [0.25, 0.3) is 22.6 Å². The van der Waals surface area contributed by atoms with E-state index in [1.54, 1.807) is 42.5 Å². The molecule has 0 aliphatic heterocycles. The van der Waals surface area contributed by atoms with E-state index in [-0.39, 0.29) is 18.1 Å². The smallest absolute Gasteiger partial charge is 0.227 e. The molecule has 0 aliphatic rings. The molecule has 0 unspecified atom stereocenters. The lowest BCUT2D eigenvalue weighted by Crippen LogP contribution is -2.05. The van der Waals surface area contributed by atoms with E-state index in [1.165, 1.54) is 0 Å². The summed E-state index contributed by atoms with van der Waals surface area (Å²) >= 11 is 0. The van der Waals surface area contributed by atoms with Gasteiger partial charge in [-0.3, -0.25) is 4.79 Å². The van der Waals surface area contributed by atoms with E-state index in [4.69, 9.17) is 9.15 Å². The van der Waals surface area contributed by atoms with Gasteiger partial charge in [0, 0.05) is 16.7 Å². The number of ketones is 1. The molecule has 0 radical (unpaired) electrons. The maximum atomic E-state index is 12.9. The number of rotatable bonds is 6.